The molecule has 0 saturated heterocycles. The zero-order valence-electron chi connectivity index (χ0n) is 12.1. The normalized spacial score (nSPS) is 13.9. The highest BCUT2D eigenvalue weighted by Crippen LogP contribution is 2.28. The molecule has 0 atom stereocenters. The molecule has 1 heterocycles. The van der Waals surface area contributed by atoms with Gasteiger partial charge in [0.1, 0.15) is 0 Å². The fourth-order valence-corrected chi connectivity index (χ4v) is 1.98. The van der Waals surface area contributed by atoms with Gasteiger partial charge in [-0.3, -0.25) is 0 Å². The Morgan fingerprint density at radius 1 is 1.38 bits per heavy atom. The molecule has 0 aromatic carbocycles. The molecular formula is C14H17F3N2OS. The lowest BCUT2D eigenvalue weighted by Gasteiger charge is -2.04. The molecule has 7 heteroatoms. The van der Waals surface area contributed by atoms with Crippen LogP contribution in [0.3, 0.4) is 0 Å². The van der Waals surface area contributed by atoms with Crippen LogP contribution in [0.1, 0.15) is 32.5 Å². The number of nitrogens with zero attached hydrogens (tertiary/aromatic N) is 2. The Kier molecular flexibility index (Phi) is 6.26. The van der Waals surface area contributed by atoms with Crippen LogP contribution in [0, 0.1) is 0 Å². The fraction of sp³-hybridized carbons (Fsp3) is 0.429. The Balaban J connectivity index is 2.83. The Morgan fingerprint density at radius 2 is 2.05 bits per heavy atom. The summed E-state index contributed by atoms with van der Waals surface area (Å²) < 4.78 is 41.3. The van der Waals surface area contributed by atoms with E-state index in [4.69, 9.17) is 0 Å². The summed E-state index contributed by atoms with van der Waals surface area (Å²) in [5.41, 5.74) is 1.47. The van der Waals surface area contributed by atoms with E-state index in [0.717, 1.165) is 11.3 Å². The van der Waals surface area contributed by atoms with E-state index in [1.54, 1.807) is 36.9 Å². The van der Waals surface area contributed by atoms with Crippen LogP contribution < -0.4 is 0 Å². The van der Waals surface area contributed by atoms with E-state index in [1.165, 1.54) is 0 Å². The summed E-state index contributed by atoms with van der Waals surface area (Å²) in [6, 6.07) is 0. The van der Waals surface area contributed by atoms with Gasteiger partial charge in [-0.1, -0.05) is 43.8 Å². The van der Waals surface area contributed by atoms with E-state index in [0.29, 0.717) is 10.8 Å². The molecule has 0 bridgehead atoms. The average molecular weight is 318 g/mol. The summed E-state index contributed by atoms with van der Waals surface area (Å²) in [5, 5.41) is 3.82. The standard InChI is InChI=1S/C14H17F3N2OS/c1-5-11(8-21-9(2)3)7-6-10(4)12-18-13(20-19-12)14(15,16)17/h5-7,9H,1,8H2,2-4H3/b10-6+,11-7+. The lowest BCUT2D eigenvalue weighted by Crippen LogP contribution is -2.05. The van der Waals surface area contributed by atoms with E-state index >= 15 is 0 Å². The second-order valence-electron chi connectivity index (χ2n) is 4.58. The van der Waals surface area contributed by atoms with Crippen molar-refractivity contribution in [2.75, 3.05) is 5.75 Å². The van der Waals surface area contributed by atoms with Crippen molar-refractivity contribution in [2.24, 2.45) is 0 Å². The zero-order valence-corrected chi connectivity index (χ0v) is 12.9. The molecule has 0 aliphatic rings. The van der Waals surface area contributed by atoms with Crippen LogP contribution >= 0.6 is 11.8 Å². The van der Waals surface area contributed by atoms with Gasteiger partial charge in [-0.05, 0) is 23.3 Å². The molecule has 0 amide bonds. The minimum absolute atomic E-state index is 0.0708. The van der Waals surface area contributed by atoms with Gasteiger partial charge in [0, 0.05) is 5.75 Å². The minimum atomic E-state index is -4.62. The van der Waals surface area contributed by atoms with Crippen molar-refractivity contribution in [2.45, 2.75) is 32.2 Å². The number of aromatic nitrogens is 2. The van der Waals surface area contributed by atoms with E-state index in [1.807, 2.05) is 0 Å². The van der Waals surface area contributed by atoms with Crippen LogP contribution in [0.5, 0.6) is 0 Å². The zero-order chi connectivity index (χ0) is 16.0. The van der Waals surface area contributed by atoms with Crippen molar-refractivity contribution >= 4 is 17.3 Å². The first-order valence-corrected chi connectivity index (χ1v) is 7.31. The maximum atomic E-state index is 12.4. The van der Waals surface area contributed by atoms with Gasteiger partial charge in [-0.2, -0.15) is 29.9 Å². The largest absolute Gasteiger partial charge is 0.471 e. The minimum Gasteiger partial charge on any atom is -0.329 e. The van der Waals surface area contributed by atoms with Gasteiger partial charge in [0.15, 0.2) is 5.82 Å². The second kappa shape index (κ2) is 7.49. The third kappa shape index (κ3) is 5.79. The fourth-order valence-electron chi connectivity index (χ4n) is 1.24. The maximum absolute atomic E-state index is 12.4. The first-order valence-electron chi connectivity index (χ1n) is 6.26. The van der Waals surface area contributed by atoms with Crippen molar-refractivity contribution in [1.29, 1.82) is 0 Å². The summed E-state index contributed by atoms with van der Waals surface area (Å²) in [4.78, 5) is 3.33. The third-order valence-corrected chi connectivity index (χ3v) is 3.58. The molecule has 1 aromatic heterocycles. The smallest absolute Gasteiger partial charge is 0.329 e. The topological polar surface area (TPSA) is 38.9 Å². The number of allylic oxidation sites excluding steroid dienone is 4. The van der Waals surface area contributed by atoms with Gasteiger partial charge in [0.25, 0.3) is 0 Å². The molecule has 0 aliphatic heterocycles. The molecule has 1 aromatic rings. The van der Waals surface area contributed by atoms with Gasteiger partial charge in [-0.15, -0.1) is 0 Å². The van der Waals surface area contributed by atoms with E-state index in [2.05, 4.69) is 35.1 Å². The lowest BCUT2D eigenvalue weighted by atomic mass is 10.2. The monoisotopic (exact) mass is 318 g/mol. The van der Waals surface area contributed by atoms with Gasteiger partial charge in [0.2, 0.25) is 0 Å². The number of rotatable bonds is 6. The maximum Gasteiger partial charge on any atom is 0.471 e. The van der Waals surface area contributed by atoms with E-state index in [-0.39, 0.29) is 5.82 Å². The number of thioether (sulfide) groups is 1. The molecule has 1 rings (SSSR count). The predicted octanol–water partition coefficient (Wildman–Crippen LogP) is 4.75. The van der Waals surface area contributed by atoms with Gasteiger partial charge in [0.05, 0.1) is 0 Å². The lowest BCUT2D eigenvalue weighted by molar-refractivity contribution is -0.159. The predicted molar refractivity (Wildman–Crippen MR) is 78.8 cm³/mol. The molecule has 0 unspecified atom stereocenters. The number of hydrogen-bond donors (Lipinski definition) is 0. The summed E-state index contributed by atoms with van der Waals surface area (Å²) in [6.07, 6.45) is 0.544. The molecule has 0 fully saturated rings. The van der Waals surface area contributed by atoms with Crippen LogP contribution in [0.2, 0.25) is 0 Å². The molecule has 116 valence electrons. The Bertz CT molecular complexity index is 545. The summed E-state index contributed by atoms with van der Waals surface area (Å²) in [7, 11) is 0. The molecule has 0 radical (unpaired) electrons. The Labute approximate surface area is 126 Å². The number of halogens is 3. The van der Waals surface area contributed by atoms with Crippen LogP contribution in [0.15, 0.2) is 34.9 Å². The van der Waals surface area contributed by atoms with E-state index < -0.39 is 12.1 Å². The van der Waals surface area contributed by atoms with Crippen molar-refractivity contribution < 1.29 is 17.7 Å². The highest BCUT2D eigenvalue weighted by molar-refractivity contribution is 8.00. The average Bonchev–Trinajstić information content (AvgIpc) is 2.87. The van der Waals surface area contributed by atoms with Crippen LogP contribution in [0.4, 0.5) is 13.2 Å². The van der Waals surface area contributed by atoms with Crippen LogP contribution in [-0.2, 0) is 6.18 Å². The first-order chi connectivity index (χ1) is 9.74. The first kappa shape index (κ1) is 17.6. The Morgan fingerprint density at radius 3 is 2.52 bits per heavy atom. The highest BCUT2D eigenvalue weighted by Gasteiger charge is 2.38. The quantitative estimate of drug-likeness (QED) is 0.710. The summed E-state index contributed by atoms with van der Waals surface area (Å²) in [5.74, 6) is -0.627. The highest BCUT2D eigenvalue weighted by atomic mass is 32.2. The molecule has 0 saturated carbocycles. The molecule has 0 spiro atoms. The SMILES string of the molecule is C=C/C(=C\C=C(/C)c1noc(C(F)(F)F)n1)CSC(C)C. The molecule has 3 nitrogen and oxygen atoms in total. The van der Waals surface area contributed by atoms with Crippen molar-refractivity contribution in [3.05, 3.63) is 42.1 Å². The van der Waals surface area contributed by atoms with Crippen molar-refractivity contribution in [3.63, 3.8) is 0 Å². The molecule has 0 N–H and O–H groups in total. The second-order valence-corrected chi connectivity index (χ2v) is 6.14. The number of hydrogen-bond acceptors (Lipinski definition) is 4. The molecule has 21 heavy (non-hydrogen) atoms. The van der Waals surface area contributed by atoms with E-state index in [9.17, 15) is 13.2 Å². The van der Waals surface area contributed by atoms with Gasteiger partial charge >= 0.3 is 12.1 Å². The third-order valence-electron chi connectivity index (χ3n) is 2.41. The Hall–Kier alpha value is -1.50. The summed E-state index contributed by atoms with van der Waals surface area (Å²) in [6.45, 7) is 9.51. The van der Waals surface area contributed by atoms with Gasteiger partial charge in [-0.25, -0.2) is 0 Å². The summed E-state index contributed by atoms with van der Waals surface area (Å²) >= 11 is 1.75. The number of alkyl halides is 3. The van der Waals surface area contributed by atoms with Gasteiger partial charge < -0.3 is 4.52 Å². The van der Waals surface area contributed by atoms with Crippen molar-refractivity contribution in [3.8, 4) is 0 Å². The molecule has 0 aliphatic carbocycles. The molecular weight excluding hydrogens is 301 g/mol. The van der Waals surface area contributed by atoms with Crippen LogP contribution in [-0.4, -0.2) is 21.1 Å². The van der Waals surface area contributed by atoms with Crippen molar-refractivity contribution in [1.82, 2.24) is 10.1 Å². The van der Waals surface area contributed by atoms with Crippen LogP contribution in [0.25, 0.3) is 5.57 Å².